The van der Waals surface area contributed by atoms with E-state index in [1.54, 1.807) is 23.5 Å². The number of carbonyl (C=O) groups is 1. The number of hydrogen-bond acceptors (Lipinski definition) is 4. The molecule has 0 bridgehead atoms. The zero-order valence-electron chi connectivity index (χ0n) is 12.9. The number of hydrogen-bond donors (Lipinski definition) is 1. The predicted molar refractivity (Wildman–Crippen MR) is 91.8 cm³/mol. The molecule has 0 aliphatic heterocycles. The smallest absolute Gasteiger partial charge is 0.266 e. The molecule has 1 aromatic heterocycles. The lowest BCUT2D eigenvalue weighted by molar-refractivity contribution is 0.0959. The summed E-state index contributed by atoms with van der Waals surface area (Å²) in [4.78, 5) is 14.3. The number of nitrogens with one attached hydrogen (secondary N) is 1. The molecule has 1 aliphatic rings. The quantitative estimate of drug-likeness (QED) is 0.692. The minimum atomic E-state index is -0.155. The van der Waals surface area contributed by atoms with Gasteiger partial charge in [-0.25, -0.2) is 5.43 Å². The summed E-state index contributed by atoms with van der Waals surface area (Å²) >= 11 is 1.58. The zero-order valence-corrected chi connectivity index (χ0v) is 13.7. The van der Waals surface area contributed by atoms with Crippen LogP contribution in [0.1, 0.15) is 51.0 Å². The summed E-state index contributed by atoms with van der Waals surface area (Å²) in [5, 5.41) is 13.0. The molecule has 23 heavy (non-hydrogen) atoms. The maximum Gasteiger partial charge on any atom is 0.281 e. The van der Waals surface area contributed by atoms with Crippen molar-refractivity contribution in [3.05, 3.63) is 56.8 Å². The van der Waals surface area contributed by atoms with Crippen LogP contribution in [-0.2, 0) is 12.8 Å². The summed E-state index contributed by atoms with van der Waals surface area (Å²) in [5.41, 5.74) is 6.15. The average Bonchev–Trinajstić information content (AvgIpc) is 3.03. The lowest BCUT2D eigenvalue weighted by Gasteiger charge is -2.08. The van der Waals surface area contributed by atoms with E-state index in [1.165, 1.54) is 23.3 Å². The van der Waals surface area contributed by atoms with Crippen molar-refractivity contribution in [1.29, 1.82) is 5.26 Å². The van der Waals surface area contributed by atoms with Gasteiger partial charge < -0.3 is 0 Å². The van der Waals surface area contributed by atoms with Crippen molar-refractivity contribution < 1.29 is 4.79 Å². The molecular formula is C18H17N3OS. The first-order valence-electron chi connectivity index (χ1n) is 7.64. The number of hydrazone groups is 1. The molecule has 5 heteroatoms. The normalized spacial score (nSPS) is 14.0. The molecule has 2 aromatic rings. The monoisotopic (exact) mass is 323 g/mol. The third kappa shape index (κ3) is 3.49. The van der Waals surface area contributed by atoms with Crippen LogP contribution in [0.25, 0.3) is 0 Å². The number of rotatable bonds is 3. The van der Waals surface area contributed by atoms with Crippen molar-refractivity contribution >= 4 is 23.0 Å². The van der Waals surface area contributed by atoms with Gasteiger partial charge >= 0.3 is 0 Å². The van der Waals surface area contributed by atoms with Crippen LogP contribution < -0.4 is 5.43 Å². The Morgan fingerprint density at radius 1 is 1.26 bits per heavy atom. The number of nitriles is 1. The first-order valence-corrected chi connectivity index (χ1v) is 8.46. The first kappa shape index (κ1) is 15.4. The molecule has 0 saturated carbocycles. The van der Waals surface area contributed by atoms with Crippen LogP contribution >= 0.6 is 11.3 Å². The van der Waals surface area contributed by atoms with Gasteiger partial charge in [-0.2, -0.15) is 10.4 Å². The fraction of sp³-hybridized carbons (Fsp3) is 0.278. The minimum Gasteiger partial charge on any atom is -0.266 e. The SMILES string of the molecule is CC(=NNC(=O)c1cc2c(s1)CCCC2)c1ccc(C#N)cc1. The molecule has 3 rings (SSSR count). The Bertz CT molecular complexity index is 773. The summed E-state index contributed by atoms with van der Waals surface area (Å²) in [7, 11) is 0. The largest absolute Gasteiger partial charge is 0.281 e. The van der Waals surface area contributed by atoms with E-state index >= 15 is 0 Å². The highest BCUT2D eigenvalue weighted by atomic mass is 32.1. The molecule has 1 aliphatic carbocycles. The van der Waals surface area contributed by atoms with Gasteiger partial charge in [0.15, 0.2) is 0 Å². The number of nitrogens with zero attached hydrogens (tertiary/aromatic N) is 2. The Balaban J connectivity index is 1.69. The molecule has 0 saturated heterocycles. The van der Waals surface area contributed by atoms with Gasteiger partial charge in [-0.1, -0.05) is 12.1 Å². The van der Waals surface area contributed by atoms with Gasteiger partial charge in [0.05, 0.1) is 22.2 Å². The van der Waals surface area contributed by atoms with Gasteiger partial charge in [0.1, 0.15) is 0 Å². The van der Waals surface area contributed by atoms with Gasteiger partial charge in [-0.05, 0) is 61.9 Å². The van der Waals surface area contributed by atoms with Crippen LogP contribution in [-0.4, -0.2) is 11.6 Å². The summed E-state index contributed by atoms with van der Waals surface area (Å²) in [5.74, 6) is -0.155. The second-order valence-electron chi connectivity index (χ2n) is 5.59. The molecule has 0 radical (unpaired) electrons. The molecule has 1 N–H and O–H groups in total. The van der Waals surface area contributed by atoms with Crippen molar-refractivity contribution in [2.75, 3.05) is 0 Å². The third-order valence-corrected chi connectivity index (χ3v) is 5.21. The van der Waals surface area contributed by atoms with Crippen molar-refractivity contribution in [3.63, 3.8) is 0 Å². The summed E-state index contributed by atoms with van der Waals surface area (Å²) < 4.78 is 0. The molecule has 1 heterocycles. The Kier molecular flexibility index (Phi) is 4.54. The van der Waals surface area contributed by atoms with E-state index in [1.807, 2.05) is 25.1 Å². The summed E-state index contributed by atoms with van der Waals surface area (Å²) in [6.45, 7) is 1.83. The molecule has 4 nitrogen and oxygen atoms in total. The average molecular weight is 323 g/mol. The van der Waals surface area contributed by atoms with Gasteiger partial charge in [0.25, 0.3) is 5.91 Å². The highest BCUT2D eigenvalue weighted by Crippen LogP contribution is 2.29. The lowest BCUT2D eigenvalue weighted by Crippen LogP contribution is -2.18. The number of aryl methyl sites for hydroxylation is 2. The van der Waals surface area contributed by atoms with Crippen LogP contribution in [0.5, 0.6) is 0 Å². The van der Waals surface area contributed by atoms with Crippen LogP contribution in [0, 0.1) is 11.3 Å². The fourth-order valence-electron chi connectivity index (χ4n) is 2.64. The number of amides is 1. The number of benzene rings is 1. The Morgan fingerprint density at radius 2 is 2.00 bits per heavy atom. The predicted octanol–water partition coefficient (Wildman–Crippen LogP) is 3.65. The Hall–Kier alpha value is -2.45. The number of thiophene rings is 1. The van der Waals surface area contributed by atoms with Crippen LogP contribution in [0.2, 0.25) is 0 Å². The molecular weight excluding hydrogens is 306 g/mol. The van der Waals surface area contributed by atoms with Crippen molar-refractivity contribution in [3.8, 4) is 6.07 Å². The van der Waals surface area contributed by atoms with Crippen molar-refractivity contribution in [2.24, 2.45) is 5.10 Å². The van der Waals surface area contributed by atoms with E-state index in [2.05, 4.69) is 16.6 Å². The fourth-order valence-corrected chi connectivity index (χ4v) is 3.79. The third-order valence-electron chi connectivity index (χ3n) is 3.98. The molecule has 1 amide bonds. The maximum atomic E-state index is 12.2. The number of carbonyl (C=O) groups excluding carboxylic acids is 1. The van der Waals surface area contributed by atoms with E-state index < -0.39 is 0 Å². The van der Waals surface area contributed by atoms with Gasteiger partial charge in [0, 0.05) is 4.88 Å². The van der Waals surface area contributed by atoms with E-state index in [0.29, 0.717) is 11.3 Å². The van der Waals surface area contributed by atoms with E-state index in [4.69, 9.17) is 5.26 Å². The van der Waals surface area contributed by atoms with Crippen LogP contribution in [0.3, 0.4) is 0 Å². The van der Waals surface area contributed by atoms with Crippen LogP contribution in [0.4, 0.5) is 0 Å². The van der Waals surface area contributed by atoms with Gasteiger partial charge in [0.2, 0.25) is 0 Å². The van der Waals surface area contributed by atoms with Crippen molar-refractivity contribution in [2.45, 2.75) is 32.6 Å². The maximum absolute atomic E-state index is 12.2. The topological polar surface area (TPSA) is 65.2 Å². The standard InChI is InChI=1S/C18H17N3OS/c1-12(14-8-6-13(11-19)7-9-14)20-21-18(22)17-10-15-4-2-3-5-16(15)23-17/h6-10H,2-5H2,1H3,(H,21,22). The molecule has 116 valence electrons. The summed E-state index contributed by atoms with van der Waals surface area (Å²) in [6, 6.07) is 11.2. The first-order chi connectivity index (χ1) is 11.2. The minimum absolute atomic E-state index is 0.155. The highest BCUT2D eigenvalue weighted by molar-refractivity contribution is 7.14. The molecule has 0 unspecified atom stereocenters. The zero-order chi connectivity index (χ0) is 16.2. The van der Waals surface area contributed by atoms with E-state index in [0.717, 1.165) is 23.3 Å². The Morgan fingerprint density at radius 3 is 2.70 bits per heavy atom. The molecule has 0 fully saturated rings. The highest BCUT2D eigenvalue weighted by Gasteiger charge is 2.17. The van der Waals surface area contributed by atoms with Crippen molar-refractivity contribution in [1.82, 2.24) is 5.43 Å². The van der Waals surface area contributed by atoms with Crippen LogP contribution in [0.15, 0.2) is 35.4 Å². The molecule has 1 aromatic carbocycles. The van der Waals surface area contributed by atoms with Gasteiger partial charge in [-0.15, -0.1) is 11.3 Å². The Labute approximate surface area is 139 Å². The van der Waals surface area contributed by atoms with E-state index in [-0.39, 0.29) is 5.91 Å². The molecule has 0 spiro atoms. The van der Waals surface area contributed by atoms with E-state index in [9.17, 15) is 4.79 Å². The number of fused-ring (bicyclic) bond motifs is 1. The molecule has 0 atom stereocenters. The summed E-state index contributed by atoms with van der Waals surface area (Å²) in [6.07, 6.45) is 4.58. The second-order valence-corrected chi connectivity index (χ2v) is 6.73. The lowest BCUT2D eigenvalue weighted by atomic mass is 9.99. The van der Waals surface area contributed by atoms with Gasteiger partial charge in [-0.3, -0.25) is 4.79 Å². The second kappa shape index (κ2) is 6.76.